The number of rotatable bonds is 32. The van der Waals surface area contributed by atoms with E-state index < -0.39 is 0 Å². The van der Waals surface area contributed by atoms with Gasteiger partial charge in [-0.1, -0.05) is 157 Å². The molecule has 310 valence electrons. The van der Waals surface area contributed by atoms with Crippen molar-refractivity contribution < 1.29 is 13.7 Å². The van der Waals surface area contributed by atoms with Crippen LogP contribution in [0.25, 0.3) is 17.2 Å². The van der Waals surface area contributed by atoms with Crippen molar-refractivity contribution >= 4 is 22.9 Å². The standard InChI is InChI=1S/C53H77N2O2/c1-3-5-7-9-11-13-15-17-19-21-23-25-27-29-31-37-46-54-48-40-33-35-42-50(48)56-52(54)44-39-45-53-55(49-41-34-36-43-51(49)57-53)47-38-32-30-28-26-24-22-20-18-16-14-12-10-8-6-4-2/h11-14,17-20,33-36,39-45H,3-10,15-16,21-32,37-38,46-47H2,1-2H3/q+1/b13-11-,14-12-,19-17-,20-18-. The quantitative estimate of drug-likeness (QED) is 0.0359. The summed E-state index contributed by atoms with van der Waals surface area (Å²) in [5.41, 5.74) is 3.26. The zero-order valence-corrected chi connectivity index (χ0v) is 36.1. The minimum Gasteiger partial charge on any atom is -0.439 e. The Labute approximate surface area is 348 Å². The minimum absolute atomic E-state index is 0.892. The smallest absolute Gasteiger partial charge is 0.374 e. The third kappa shape index (κ3) is 18.4. The number of fused-ring (bicyclic) bond motifs is 2. The van der Waals surface area contributed by atoms with E-state index in [1.165, 1.54) is 128 Å². The molecule has 2 aromatic carbocycles. The maximum atomic E-state index is 6.37. The fourth-order valence-corrected chi connectivity index (χ4v) is 7.54. The molecule has 1 aromatic heterocycles. The van der Waals surface area contributed by atoms with Gasteiger partial charge in [-0.15, -0.1) is 0 Å². The molecule has 3 aromatic rings. The Morgan fingerprint density at radius 3 is 1.70 bits per heavy atom. The van der Waals surface area contributed by atoms with Gasteiger partial charge < -0.3 is 14.1 Å². The lowest BCUT2D eigenvalue weighted by molar-refractivity contribution is -0.678. The summed E-state index contributed by atoms with van der Waals surface area (Å²) in [6, 6.07) is 16.8. The van der Waals surface area contributed by atoms with Gasteiger partial charge >= 0.3 is 5.89 Å². The summed E-state index contributed by atoms with van der Waals surface area (Å²) in [4.78, 5) is 2.35. The van der Waals surface area contributed by atoms with Crippen LogP contribution in [0, 0.1) is 0 Å². The largest absolute Gasteiger partial charge is 0.439 e. The number of allylic oxidation sites excluding steroid dienone is 10. The van der Waals surface area contributed by atoms with Crippen LogP contribution in [0.4, 0.5) is 5.69 Å². The molecule has 57 heavy (non-hydrogen) atoms. The Kier molecular flexibility index (Phi) is 24.1. The van der Waals surface area contributed by atoms with Crippen LogP contribution in [0.2, 0.25) is 0 Å². The van der Waals surface area contributed by atoms with Crippen LogP contribution in [-0.2, 0) is 6.54 Å². The fourth-order valence-electron chi connectivity index (χ4n) is 7.54. The van der Waals surface area contributed by atoms with Gasteiger partial charge in [-0.05, 0) is 107 Å². The van der Waals surface area contributed by atoms with E-state index in [1.807, 2.05) is 0 Å². The molecule has 0 unspecified atom stereocenters. The van der Waals surface area contributed by atoms with E-state index >= 15 is 0 Å². The van der Waals surface area contributed by atoms with Gasteiger partial charge in [0.2, 0.25) is 11.5 Å². The van der Waals surface area contributed by atoms with E-state index in [2.05, 4.69) is 139 Å². The average Bonchev–Trinajstić information content (AvgIpc) is 3.77. The summed E-state index contributed by atoms with van der Waals surface area (Å²) in [6.45, 7) is 6.45. The number of anilines is 1. The van der Waals surface area contributed by atoms with Gasteiger partial charge in [0.1, 0.15) is 0 Å². The van der Waals surface area contributed by atoms with Crippen molar-refractivity contribution in [2.24, 2.45) is 0 Å². The molecule has 0 radical (unpaired) electrons. The van der Waals surface area contributed by atoms with E-state index in [-0.39, 0.29) is 0 Å². The number of oxazole rings is 1. The normalized spacial score (nSPS) is 14.0. The number of unbranched alkanes of at least 4 members (excludes halogenated alkanes) is 18. The number of nitrogens with zero attached hydrogens (tertiary/aromatic N) is 2. The van der Waals surface area contributed by atoms with Gasteiger partial charge in [0.05, 0.1) is 11.8 Å². The molecule has 1 aliphatic rings. The highest BCUT2D eigenvalue weighted by atomic mass is 16.5. The Hall–Kier alpha value is -4.05. The fraction of sp³-hybridized carbons (Fsp3) is 0.528. The summed E-state index contributed by atoms with van der Waals surface area (Å²) in [6.07, 6.45) is 55.3. The monoisotopic (exact) mass is 774 g/mol. The van der Waals surface area contributed by atoms with Gasteiger partial charge in [-0.2, -0.15) is 4.57 Å². The van der Waals surface area contributed by atoms with Crippen LogP contribution in [0.15, 0.2) is 120 Å². The molecule has 2 heterocycles. The van der Waals surface area contributed by atoms with E-state index in [4.69, 9.17) is 9.15 Å². The average molecular weight is 774 g/mol. The molecule has 0 fully saturated rings. The number of aromatic nitrogens is 1. The Balaban J connectivity index is 1.16. The lowest BCUT2D eigenvalue weighted by Crippen LogP contribution is -2.35. The van der Waals surface area contributed by atoms with E-state index in [9.17, 15) is 0 Å². The molecule has 0 saturated heterocycles. The zero-order chi connectivity index (χ0) is 39.9. The van der Waals surface area contributed by atoms with Crippen molar-refractivity contribution in [1.29, 1.82) is 0 Å². The number of benzene rings is 2. The van der Waals surface area contributed by atoms with Crippen molar-refractivity contribution in [2.75, 3.05) is 11.4 Å². The summed E-state index contributed by atoms with van der Waals surface area (Å²) in [5, 5.41) is 0. The number of aryl methyl sites for hydroxylation is 1. The van der Waals surface area contributed by atoms with Crippen LogP contribution in [0.5, 0.6) is 5.75 Å². The first-order chi connectivity index (χ1) is 28.3. The van der Waals surface area contributed by atoms with E-state index in [0.717, 1.165) is 73.1 Å². The molecule has 0 spiro atoms. The maximum absolute atomic E-state index is 6.37. The first kappa shape index (κ1) is 45.6. The van der Waals surface area contributed by atoms with E-state index in [1.54, 1.807) is 0 Å². The van der Waals surface area contributed by atoms with Crippen molar-refractivity contribution in [3.8, 4) is 5.75 Å². The molecule has 0 amide bonds. The third-order valence-electron chi connectivity index (χ3n) is 10.9. The van der Waals surface area contributed by atoms with Gasteiger partial charge in [0.15, 0.2) is 12.3 Å². The van der Waals surface area contributed by atoms with Gasteiger partial charge in [0, 0.05) is 19.0 Å². The highest BCUT2D eigenvalue weighted by Gasteiger charge is 2.25. The molecule has 4 rings (SSSR count). The molecular formula is C53H77N2O2+. The second kappa shape index (κ2) is 30.1. The van der Waals surface area contributed by atoms with Gasteiger partial charge in [-0.3, -0.25) is 0 Å². The second-order valence-electron chi connectivity index (χ2n) is 15.8. The van der Waals surface area contributed by atoms with Crippen molar-refractivity contribution in [2.45, 2.75) is 174 Å². The second-order valence-corrected chi connectivity index (χ2v) is 15.8. The number of ether oxygens (including phenoxy) is 1. The first-order valence-corrected chi connectivity index (χ1v) is 23.3. The van der Waals surface area contributed by atoms with Crippen LogP contribution < -0.4 is 14.2 Å². The van der Waals surface area contributed by atoms with E-state index in [0.29, 0.717) is 0 Å². The van der Waals surface area contributed by atoms with Crippen LogP contribution >= 0.6 is 0 Å². The van der Waals surface area contributed by atoms with Crippen LogP contribution in [0.3, 0.4) is 0 Å². The van der Waals surface area contributed by atoms with Crippen molar-refractivity contribution in [3.63, 3.8) is 0 Å². The zero-order valence-electron chi connectivity index (χ0n) is 36.1. The van der Waals surface area contributed by atoms with Gasteiger partial charge in [0.25, 0.3) is 5.52 Å². The topological polar surface area (TPSA) is 29.5 Å². The summed E-state index contributed by atoms with van der Waals surface area (Å²) >= 11 is 0. The Morgan fingerprint density at radius 1 is 0.544 bits per heavy atom. The highest BCUT2D eigenvalue weighted by molar-refractivity contribution is 5.70. The first-order valence-electron chi connectivity index (χ1n) is 23.3. The molecule has 0 aliphatic carbocycles. The number of para-hydroxylation sites is 4. The Bertz CT molecular complexity index is 1670. The number of hydrogen-bond donors (Lipinski definition) is 0. The molecule has 4 nitrogen and oxygen atoms in total. The lowest BCUT2D eigenvalue weighted by atomic mass is 10.1. The lowest BCUT2D eigenvalue weighted by Gasteiger charge is -2.18. The Morgan fingerprint density at radius 2 is 1.07 bits per heavy atom. The highest BCUT2D eigenvalue weighted by Crippen LogP contribution is 2.39. The van der Waals surface area contributed by atoms with Crippen LogP contribution in [0.1, 0.15) is 174 Å². The third-order valence-corrected chi connectivity index (χ3v) is 10.9. The molecule has 0 atom stereocenters. The molecule has 0 saturated carbocycles. The number of hydrogen-bond acceptors (Lipinski definition) is 3. The molecule has 1 aliphatic heterocycles. The summed E-state index contributed by atoms with van der Waals surface area (Å²) in [5.74, 6) is 2.72. The minimum atomic E-state index is 0.892. The van der Waals surface area contributed by atoms with Gasteiger partial charge in [-0.25, -0.2) is 0 Å². The summed E-state index contributed by atoms with van der Waals surface area (Å²) < 4.78 is 15.1. The predicted molar refractivity (Wildman–Crippen MR) is 247 cm³/mol. The SMILES string of the molecule is CCCCC/C=C\C/C=C\CCCCCCCCN1C(=CC=Cc2oc3ccccc3[n+]2CCCCCCCC/C=C\C/C=C\CCCCC)Oc2ccccc21. The van der Waals surface area contributed by atoms with Crippen LogP contribution in [-0.4, -0.2) is 6.54 Å². The summed E-state index contributed by atoms with van der Waals surface area (Å²) in [7, 11) is 0. The maximum Gasteiger partial charge on any atom is 0.374 e. The van der Waals surface area contributed by atoms with Crippen molar-refractivity contribution in [3.05, 3.63) is 121 Å². The predicted octanol–water partition coefficient (Wildman–Crippen LogP) is 16.1. The molecule has 0 bridgehead atoms. The van der Waals surface area contributed by atoms with Crippen molar-refractivity contribution in [1.82, 2.24) is 0 Å². The molecule has 4 heteroatoms. The molecular weight excluding hydrogens is 697 g/mol. The molecule has 0 N–H and O–H groups in total.